The zero-order valence-corrected chi connectivity index (χ0v) is 10.7. The second kappa shape index (κ2) is 5.30. The fourth-order valence-electron chi connectivity index (χ4n) is 1.55. The number of rotatable bonds is 3. The molecule has 0 aliphatic carbocycles. The zero-order chi connectivity index (χ0) is 13.8. The van der Waals surface area contributed by atoms with E-state index in [4.69, 9.17) is 11.5 Å². The molecule has 19 heavy (non-hydrogen) atoms. The molecular formula is C14H15N5. The van der Waals surface area contributed by atoms with Gasteiger partial charge in [0.1, 0.15) is 0 Å². The van der Waals surface area contributed by atoms with E-state index in [2.05, 4.69) is 21.7 Å². The molecule has 0 bridgehead atoms. The number of nitrogen functional groups attached to an aromatic ring is 2. The van der Waals surface area contributed by atoms with Gasteiger partial charge in [0.05, 0.1) is 34.7 Å². The SMILES string of the molecule is C=Nc1cc(N)c(N=Cc2ccc(C)cn2)cc1N. The fraction of sp³-hybridized carbons (Fsp3) is 0.0714. The topological polar surface area (TPSA) is 89.6 Å². The molecule has 0 fully saturated rings. The maximum absolute atomic E-state index is 5.88. The monoisotopic (exact) mass is 253 g/mol. The molecule has 4 N–H and O–H groups in total. The fourth-order valence-corrected chi connectivity index (χ4v) is 1.55. The second-order valence-electron chi connectivity index (χ2n) is 4.15. The number of aromatic nitrogens is 1. The van der Waals surface area contributed by atoms with Crippen LogP contribution in [0, 0.1) is 6.92 Å². The van der Waals surface area contributed by atoms with Crippen LogP contribution >= 0.6 is 0 Å². The highest BCUT2D eigenvalue weighted by molar-refractivity contribution is 5.85. The number of anilines is 2. The lowest BCUT2D eigenvalue weighted by Crippen LogP contribution is -1.92. The third-order valence-electron chi connectivity index (χ3n) is 2.62. The normalized spacial score (nSPS) is 10.8. The highest BCUT2D eigenvalue weighted by Gasteiger charge is 2.03. The number of hydrogen-bond donors (Lipinski definition) is 2. The van der Waals surface area contributed by atoms with Crippen molar-refractivity contribution < 1.29 is 0 Å². The summed E-state index contributed by atoms with van der Waals surface area (Å²) < 4.78 is 0. The zero-order valence-electron chi connectivity index (χ0n) is 10.7. The smallest absolute Gasteiger partial charge is 0.0881 e. The van der Waals surface area contributed by atoms with Crippen molar-refractivity contribution in [2.45, 2.75) is 6.92 Å². The number of aryl methyl sites for hydroxylation is 1. The Morgan fingerprint density at radius 1 is 1.16 bits per heavy atom. The molecule has 0 amide bonds. The summed E-state index contributed by atoms with van der Waals surface area (Å²) in [6.07, 6.45) is 3.43. The molecule has 0 aliphatic heterocycles. The van der Waals surface area contributed by atoms with E-state index < -0.39 is 0 Å². The summed E-state index contributed by atoms with van der Waals surface area (Å²) in [6.45, 7) is 5.41. The standard InChI is InChI=1S/C14H15N5/c1-9-3-4-10(18-7-9)8-19-14-6-11(15)13(17-2)5-12(14)16/h3-8H,2,15-16H2,1H3. The van der Waals surface area contributed by atoms with E-state index >= 15 is 0 Å². The van der Waals surface area contributed by atoms with Gasteiger partial charge in [-0.25, -0.2) is 0 Å². The number of nitrogens with zero attached hydrogens (tertiary/aromatic N) is 3. The van der Waals surface area contributed by atoms with Gasteiger partial charge in [0.15, 0.2) is 0 Å². The van der Waals surface area contributed by atoms with Gasteiger partial charge < -0.3 is 11.5 Å². The Balaban J connectivity index is 2.30. The van der Waals surface area contributed by atoms with Crippen molar-refractivity contribution in [3.8, 4) is 0 Å². The van der Waals surface area contributed by atoms with Gasteiger partial charge in [-0.05, 0) is 37.4 Å². The third-order valence-corrected chi connectivity index (χ3v) is 2.62. The summed E-state index contributed by atoms with van der Waals surface area (Å²) in [4.78, 5) is 12.3. The second-order valence-corrected chi connectivity index (χ2v) is 4.15. The molecule has 96 valence electrons. The van der Waals surface area contributed by atoms with E-state index in [1.54, 1.807) is 24.5 Å². The third kappa shape index (κ3) is 2.95. The van der Waals surface area contributed by atoms with Crippen LogP contribution in [0.2, 0.25) is 0 Å². The molecule has 0 saturated heterocycles. The predicted octanol–water partition coefficient (Wildman–Crippen LogP) is 2.64. The Labute approximate surface area is 111 Å². The van der Waals surface area contributed by atoms with Crippen LogP contribution in [-0.2, 0) is 0 Å². The van der Waals surface area contributed by atoms with Gasteiger partial charge >= 0.3 is 0 Å². The molecule has 0 unspecified atom stereocenters. The van der Waals surface area contributed by atoms with Crippen LogP contribution in [0.25, 0.3) is 0 Å². The van der Waals surface area contributed by atoms with Crippen molar-refractivity contribution in [2.24, 2.45) is 9.98 Å². The van der Waals surface area contributed by atoms with E-state index in [0.717, 1.165) is 11.3 Å². The first-order valence-electron chi connectivity index (χ1n) is 5.72. The van der Waals surface area contributed by atoms with Crippen molar-refractivity contribution in [3.63, 3.8) is 0 Å². The molecule has 5 heteroatoms. The Morgan fingerprint density at radius 3 is 2.47 bits per heavy atom. The van der Waals surface area contributed by atoms with E-state index in [1.165, 1.54) is 0 Å². The highest BCUT2D eigenvalue weighted by Crippen LogP contribution is 2.32. The minimum atomic E-state index is 0.494. The minimum Gasteiger partial charge on any atom is -0.397 e. The minimum absolute atomic E-state index is 0.494. The molecule has 0 spiro atoms. The van der Waals surface area contributed by atoms with Crippen molar-refractivity contribution in [3.05, 3.63) is 41.7 Å². The summed E-state index contributed by atoms with van der Waals surface area (Å²) >= 11 is 0. The van der Waals surface area contributed by atoms with Crippen LogP contribution < -0.4 is 11.5 Å². The van der Waals surface area contributed by atoms with Crippen LogP contribution in [0.3, 0.4) is 0 Å². The highest BCUT2D eigenvalue weighted by atomic mass is 14.8. The molecular weight excluding hydrogens is 238 g/mol. The number of benzene rings is 1. The molecule has 0 radical (unpaired) electrons. The molecule has 2 rings (SSSR count). The van der Waals surface area contributed by atoms with Gasteiger partial charge in [0.25, 0.3) is 0 Å². The first kappa shape index (κ1) is 12.8. The van der Waals surface area contributed by atoms with E-state index in [9.17, 15) is 0 Å². The molecule has 0 saturated carbocycles. The molecule has 0 atom stereocenters. The maximum atomic E-state index is 5.88. The van der Waals surface area contributed by atoms with E-state index in [-0.39, 0.29) is 0 Å². The summed E-state index contributed by atoms with van der Waals surface area (Å²) in [6, 6.07) is 7.18. The van der Waals surface area contributed by atoms with Gasteiger partial charge in [-0.3, -0.25) is 15.0 Å². The summed E-state index contributed by atoms with van der Waals surface area (Å²) in [5.41, 5.74) is 15.7. The van der Waals surface area contributed by atoms with Gasteiger partial charge in [-0.2, -0.15) is 0 Å². The number of nitrogens with two attached hydrogens (primary N) is 2. The summed E-state index contributed by atoms with van der Waals surface area (Å²) in [7, 11) is 0. The van der Waals surface area contributed by atoms with Crippen molar-refractivity contribution >= 4 is 35.7 Å². The van der Waals surface area contributed by atoms with Gasteiger partial charge in [0.2, 0.25) is 0 Å². The lowest BCUT2D eigenvalue weighted by atomic mass is 10.2. The molecule has 2 aromatic rings. The van der Waals surface area contributed by atoms with Crippen LogP contribution in [0.1, 0.15) is 11.3 Å². The van der Waals surface area contributed by atoms with Crippen LogP contribution in [-0.4, -0.2) is 17.9 Å². The Morgan fingerprint density at radius 2 is 1.84 bits per heavy atom. The average molecular weight is 253 g/mol. The Bertz CT molecular complexity index is 629. The van der Waals surface area contributed by atoms with E-state index in [1.807, 2.05) is 19.1 Å². The lowest BCUT2D eigenvalue weighted by molar-refractivity contribution is 1.25. The average Bonchev–Trinajstić information content (AvgIpc) is 2.41. The largest absolute Gasteiger partial charge is 0.397 e. The Hall–Kier alpha value is -2.69. The van der Waals surface area contributed by atoms with Crippen LogP contribution in [0.15, 0.2) is 40.4 Å². The van der Waals surface area contributed by atoms with Gasteiger partial charge in [-0.1, -0.05) is 6.07 Å². The first-order chi connectivity index (χ1) is 9.10. The number of pyridine rings is 1. The van der Waals surface area contributed by atoms with Crippen molar-refractivity contribution in [1.29, 1.82) is 0 Å². The van der Waals surface area contributed by atoms with Gasteiger partial charge in [-0.15, -0.1) is 0 Å². The number of aliphatic imine (C=N–C) groups is 2. The summed E-state index contributed by atoms with van der Waals surface area (Å²) in [5, 5.41) is 0. The molecule has 1 aromatic carbocycles. The molecule has 0 aliphatic rings. The summed E-state index contributed by atoms with van der Waals surface area (Å²) in [5.74, 6) is 0. The van der Waals surface area contributed by atoms with Crippen molar-refractivity contribution in [2.75, 3.05) is 11.5 Å². The Kier molecular flexibility index (Phi) is 3.56. The van der Waals surface area contributed by atoms with Crippen LogP contribution in [0.5, 0.6) is 0 Å². The van der Waals surface area contributed by atoms with Crippen LogP contribution in [0.4, 0.5) is 22.7 Å². The maximum Gasteiger partial charge on any atom is 0.0881 e. The number of hydrogen-bond acceptors (Lipinski definition) is 5. The predicted molar refractivity (Wildman–Crippen MR) is 80.7 cm³/mol. The molecule has 5 nitrogen and oxygen atoms in total. The van der Waals surface area contributed by atoms with Crippen molar-refractivity contribution in [1.82, 2.24) is 4.98 Å². The first-order valence-corrected chi connectivity index (χ1v) is 5.72. The quantitative estimate of drug-likeness (QED) is 0.650. The molecule has 1 aromatic heterocycles. The molecule has 1 heterocycles. The van der Waals surface area contributed by atoms with Gasteiger partial charge in [0, 0.05) is 6.20 Å². The van der Waals surface area contributed by atoms with E-state index in [0.29, 0.717) is 22.7 Å². The lowest BCUT2D eigenvalue weighted by Gasteiger charge is -2.04.